The first-order chi connectivity index (χ1) is 10.2. The van der Waals surface area contributed by atoms with Gasteiger partial charge in [0.2, 0.25) is 0 Å². The first-order valence-electron chi connectivity index (χ1n) is 6.59. The zero-order chi connectivity index (χ0) is 14.7. The van der Waals surface area contributed by atoms with Gasteiger partial charge in [0.25, 0.3) is 11.1 Å². The van der Waals surface area contributed by atoms with Crippen molar-refractivity contribution in [2.45, 2.75) is 5.92 Å². The van der Waals surface area contributed by atoms with E-state index in [0.29, 0.717) is 0 Å². The van der Waals surface area contributed by atoms with E-state index in [9.17, 15) is 4.79 Å². The lowest BCUT2D eigenvalue weighted by Crippen LogP contribution is -2.18. The van der Waals surface area contributed by atoms with Crippen molar-refractivity contribution in [3.8, 4) is 0 Å². The number of allylic oxidation sites excluding steroid dienone is 1. The van der Waals surface area contributed by atoms with Crippen LogP contribution in [0.4, 0.5) is 0 Å². The first-order valence-corrected chi connectivity index (χ1v) is 7.00. The van der Waals surface area contributed by atoms with Gasteiger partial charge < -0.3 is 4.74 Å². The molecule has 4 heteroatoms. The molecule has 0 spiro atoms. The van der Waals surface area contributed by atoms with Gasteiger partial charge in [-0.1, -0.05) is 60.7 Å². The summed E-state index contributed by atoms with van der Waals surface area (Å²) in [5.74, 6) is -0.108. The van der Waals surface area contributed by atoms with Crippen LogP contribution in [0, 0.1) is 0 Å². The van der Waals surface area contributed by atoms with Crippen LogP contribution >= 0.6 is 12.2 Å². The molecule has 0 unspecified atom stereocenters. The molecule has 104 valence electrons. The lowest BCUT2D eigenvalue weighted by molar-refractivity contribution is -0.116. The van der Waals surface area contributed by atoms with Crippen molar-refractivity contribution in [2.24, 2.45) is 0 Å². The summed E-state index contributed by atoms with van der Waals surface area (Å²) in [5.41, 5.74) is 2.18. The molecule has 2 aromatic carbocycles. The molecule has 0 atom stereocenters. The number of rotatable bonds is 3. The second-order valence-corrected chi connectivity index (χ2v) is 5.04. The highest BCUT2D eigenvalue weighted by Crippen LogP contribution is 2.28. The second-order valence-electron chi connectivity index (χ2n) is 4.67. The van der Waals surface area contributed by atoms with E-state index in [2.05, 4.69) is 5.32 Å². The minimum Gasteiger partial charge on any atom is -0.426 e. The fourth-order valence-electron chi connectivity index (χ4n) is 2.29. The molecule has 0 saturated carbocycles. The molecular formula is C17H13NO2S. The molecule has 2 aromatic rings. The van der Waals surface area contributed by atoms with Crippen LogP contribution in [0.25, 0.3) is 0 Å². The fraction of sp³-hybridized carbons (Fsp3) is 0.0588. The van der Waals surface area contributed by atoms with Crippen LogP contribution in [0.3, 0.4) is 0 Å². The van der Waals surface area contributed by atoms with Gasteiger partial charge in [0.05, 0.1) is 0 Å². The lowest BCUT2D eigenvalue weighted by atomic mass is 9.90. The summed E-state index contributed by atoms with van der Waals surface area (Å²) in [5, 5.41) is 2.58. The van der Waals surface area contributed by atoms with Crippen molar-refractivity contribution < 1.29 is 9.53 Å². The van der Waals surface area contributed by atoms with E-state index in [1.807, 2.05) is 60.7 Å². The van der Waals surface area contributed by atoms with E-state index in [-0.39, 0.29) is 22.8 Å². The van der Waals surface area contributed by atoms with Gasteiger partial charge in [-0.05, 0) is 29.4 Å². The van der Waals surface area contributed by atoms with Crippen molar-refractivity contribution >= 4 is 23.3 Å². The number of benzene rings is 2. The molecule has 1 amide bonds. The Morgan fingerprint density at radius 2 is 1.48 bits per heavy atom. The number of carbonyl (C=O) groups excluding carboxylic acids is 1. The van der Waals surface area contributed by atoms with E-state index in [1.165, 1.54) is 0 Å². The van der Waals surface area contributed by atoms with E-state index in [4.69, 9.17) is 17.0 Å². The Morgan fingerprint density at radius 3 is 1.90 bits per heavy atom. The van der Waals surface area contributed by atoms with E-state index in [0.717, 1.165) is 11.1 Å². The number of ether oxygens (including phenoxy) is 1. The van der Waals surface area contributed by atoms with Gasteiger partial charge in [0.15, 0.2) is 5.76 Å². The zero-order valence-corrected chi connectivity index (χ0v) is 12.0. The van der Waals surface area contributed by atoms with Crippen LogP contribution in [-0.4, -0.2) is 11.1 Å². The minimum atomic E-state index is -0.295. The Kier molecular flexibility index (Phi) is 3.79. The van der Waals surface area contributed by atoms with Crippen LogP contribution in [0.1, 0.15) is 17.0 Å². The standard InChI is InChI=1S/C17H13NO2S/c19-16-15(20-17(21)18-16)11-14(12-7-3-1-4-8-12)13-9-5-2-6-10-13/h1-11,14H,(H,18,19,21)/b15-11-. The molecule has 3 nitrogen and oxygen atoms in total. The average Bonchev–Trinajstić information content (AvgIpc) is 2.84. The molecule has 1 aliphatic rings. The molecule has 0 radical (unpaired) electrons. The van der Waals surface area contributed by atoms with Crippen LogP contribution in [0.15, 0.2) is 72.5 Å². The highest BCUT2D eigenvalue weighted by Gasteiger charge is 2.25. The van der Waals surface area contributed by atoms with Crippen molar-refractivity contribution in [2.75, 3.05) is 0 Å². The van der Waals surface area contributed by atoms with Gasteiger partial charge in [-0.3, -0.25) is 10.1 Å². The molecule has 1 heterocycles. The number of hydrogen-bond donors (Lipinski definition) is 1. The summed E-state index contributed by atoms with van der Waals surface area (Å²) in [6.07, 6.45) is 1.80. The van der Waals surface area contributed by atoms with Crippen LogP contribution < -0.4 is 5.32 Å². The summed E-state index contributed by atoms with van der Waals surface area (Å²) >= 11 is 4.86. The molecule has 1 N–H and O–H groups in total. The maximum absolute atomic E-state index is 11.8. The molecule has 3 rings (SSSR count). The Bertz CT molecular complexity index is 656. The molecule has 21 heavy (non-hydrogen) atoms. The van der Waals surface area contributed by atoms with Crippen molar-refractivity contribution in [1.29, 1.82) is 0 Å². The third kappa shape index (κ3) is 3.01. The van der Waals surface area contributed by atoms with Crippen LogP contribution in [0.2, 0.25) is 0 Å². The number of amides is 1. The SMILES string of the molecule is O=C1NC(=S)O/C1=C\C(c1ccccc1)c1ccccc1. The Labute approximate surface area is 128 Å². The predicted octanol–water partition coefficient (Wildman–Crippen LogP) is 3.13. The van der Waals surface area contributed by atoms with Crippen LogP contribution in [0.5, 0.6) is 0 Å². The molecule has 0 aliphatic carbocycles. The van der Waals surface area contributed by atoms with E-state index in [1.54, 1.807) is 6.08 Å². The van der Waals surface area contributed by atoms with Crippen LogP contribution in [-0.2, 0) is 9.53 Å². The third-order valence-electron chi connectivity index (χ3n) is 3.28. The maximum atomic E-state index is 11.8. The number of hydrogen-bond acceptors (Lipinski definition) is 3. The van der Waals surface area contributed by atoms with Gasteiger partial charge in [-0.25, -0.2) is 0 Å². The quantitative estimate of drug-likeness (QED) is 0.698. The monoisotopic (exact) mass is 295 g/mol. The normalized spacial score (nSPS) is 16.1. The van der Waals surface area contributed by atoms with Gasteiger partial charge in [0, 0.05) is 5.92 Å². The first kappa shape index (κ1) is 13.5. The third-order valence-corrected chi connectivity index (χ3v) is 3.46. The van der Waals surface area contributed by atoms with E-state index < -0.39 is 0 Å². The minimum absolute atomic E-state index is 0.0611. The molecule has 1 aliphatic heterocycles. The number of thiocarbonyl (C=S) groups is 1. The molecule has 1 saturated heterocycles. The molecule has 1 fully saturated rings. The van der Waals surface area contributed by atoms with Gasteiger partial charge in [-0.2, -0.15) is 0 Å². The summed E-state index contributed by atoms with van der Waals surface area (Å²) < 4.78 is 5.28. The van der Waals surface area contributed by atoms with Crippen molar-refractivity contribution in [3.63, 3.8) is 0 Å². The molecule has 0 bridgehead atoms. The largest absolute Gasteiger partial charge is 0.426 e. The predicted molar refractivity (Wildman–Crippen MR) is 84.6 cm³/mol. The summed E-state index contributed by atoms with van der Waals surface area (Å²) in [4.78, 5) is 11.8. The summed E-state index contributed by atoms with van der Waals surface area (Å²) in [6.45, 7) is 0. The second kappa shape index (κ2) is 5.89. The zero-order valence-electron chi connectivity index (χ0n) is 11.2. The lowest BCUT2D eigenvalue weighted by Gasteiger charge is -2.14. The van der Waals surface area contributed by atoms with Crippen molar-refractivity contribution in [1.82, 2.24) is 5.32 Å². The number of nitrogens with one attached hydrogen (secondary N) is 1. The number of carbonyl (C=O) groups is 1. The van der Waals surface area contributed by atoms with Gasteiger partial charge in [-0.15, -0.1) is 0 Å². The van der Waals surface area contributed by atoms with Gasteiger partial charge >= 0.3 is 0 Å². The summed E-state index contributed by atoms with van der Waals surface area (Å²) in [7, 11) is 0. The fourth-order valence-corrected chi connectivity index (χ4v) is 2.48. The van der Waals surface area contributed by atoms with E-state index >= 15 is 0 Å². The molecular weight excluding hydrogens is 282 g/mol. The van der Waals surface area contributed by atoms with Crippen molar-refractivity contribution in [3.05, 3.63) is 83.6 Å². The highest BCUT2D eigenvalue weighted by atomic mass is 32.1. The Balaban J connectivity index is 2.04. The smallest absolute Gasteiger partial charge is 0.294 e. The topological polar surface area (TPSA) is 38.3 Å². The Hall–Kier alpha value is -2.46. The highest BCUT2D eigenvalue weighted by molar-refractivity contribution is 7.80. The maximum Gasteiger partial charge on any atom is 0.294 e. The van der Waals surface area contributed by atoms with Gasteiger partial charge in [0.1, 0.15) is 0 Å². The summed E-state index contributed by atoms with van der Waals surface area (Å²) in [6, 6.07) is 19.9. The average molecular weight is 295 g/mol. The Morgan fingerprint density at radius 1 is 0.952 bits per heavy atom. The molecule has 0 aromatic heterocycles.